The summed E-state index contributed by atoms with van der Waals surface area (Å²) in [5.41, 5.74) is 1.28. The van der Waals surface area contributed by atoms with E-state index in [0.717, 1.165) is 37.5 Å². The monoisotopic (exact) mass is 415 g/mol. The molecule has 30 heavy (non-hydrogen) atoms. The molecule has 0 spiro atoms. The van der Waals surface area contributed by atoms with E-state index in [1.807, 2.05) is 11.8 Å². The van der Waals surface area contributed by atoms with Crippen LogP contribution in [0.2, 0.25) is 0 Å². The minimum Gasteiger partial charge on any atom is -0.343 e. The van der Waals surface area contributed by atoms with E-state index in [0.29, 0.717) is 30.8 Å². The smallest absolute Gasteiger partial charge is 0.321 e. The van der Waals surface area contributed by atoms with Crippen molar-refractivity contribution in [2.45, 2.75) is 38.6 Å². The highest BCUT2D eigenvalue weighted by atomic mass is 19.1. The van der Waals surface area contributed by atoms with Crippen molar-refractivity contribution >= 4 is 17.6 Å². The van der Waals surface area contributed by atoms with Crippen LogP contribution >= 0.6 is 0 Å². The number of nitrogens with zero attached hydrogens (tertiary/aromatic N) is 2. The van der Waals surface area contributed by atoms with Crippen LogP contribution < -0.4 is 5.32 Å². The first-order valence-electron chi connectivity index (χ1n) is 10.3. The summed E-state index contributed by atoms with van der Waals surface area (Å²) in [5.74, 6) is -0.831. The summed E-state index contributed by atoms with van der Waals surface area (Å²) in [6.45, 7) is 3.31. The van der Waals surface area contributed by atoms with Crippen LogP contribution in [0.25, 0.3) is 11.1 Å². The Bertz CT molecular complexity index is 894. The molecule has 2 aromatic carbocycles. The lowest BCUT2D eigenvalue weighted by molar-refractivity contribution is -0.132. The van der Waals surface area contributed by atoms with Gasteiger partial charge in [-0.3, -0.25) is 4.79 Å². The van der Waals surface area contributed by atoms with Crippen LogP contribution in [0.5, 0.6) is 0 Å². The maximum Gasteiger partial charge on any atom is 0.321 e. The van der Waals surface area contributed by atoms with Crippen LogP contribution in [0, 0.1) is 11.6 Å². The van der Waals surface area contributed by atoms with Crippen molar-refractivity contribution in [1.82, 2.24) is 9.80 Å². The Labute approximate surface area is 175 Å². The Morgan fingerprint density at radius 2 is 1.77 bits per heavy atom. The zero-order valence-electron chi connectivity index (χ0n) is 17.3. The summed E-state index contributed by atoms with van der Waals surface area (Å²) in [6.07, 6.45) is 2.90. The highest BCUT2D eigenvalue weighted by Gasteiger charge is 2.27. The van der Waals surface area contributed by atoms with Crippen molar-refractivity contribution in [3.05, 3.63) is 54.1 Å². The summed E-state index contributed by atoms with van der Waals surface area (Å²) in [4.78, 5) is 28.2. The molecule has 1 saturated heterocycles. The highest BCUT2D eigenvalue weighted by Crippen LogP contribution is 2.25. The fraction of sp³-hybridized carbons (Fsp3) is 0.391. The van der Waals surface area contributed by atoms with E-state index in [-0.39, 0.29) is 23.5 Å². The van der Waals surface area contributed by atoms with E-state index < -0.39 is 11.6 Å². The first kappa shape index (κ1) is 21.7. The molecule has 2 aromatic rings. The van der Waals surface area contributed by atoms with E-state index in [1.54, 1.807) is 36.2 Å². The fourth-order valence-corrected chi connectivity index (χ4v) is 3.70. The topological polar surface area (TPSA) is 52.7 Å². The van der Waals surface area contributed by atoms with Gasteiger partial charge in [-0.2, -0.15) is 0 Å². The summed E-state index contributed by atoms with van der Waals surface area (Å²) in [5, 5.41) is 2.84. The predicted molar refractivity (Wildman–Crippen MR) is 113 cm³/mol. The fourth-order valence-electron chi connectivity index (χ4n) is 3.70. The number of rotatable bonds is 5. The third-order valence-corrected chi connectivity index (χ3v) is 5.52. The van der Waals surface area contributed by atoms with Crippen LogP contribution in [0.4, 0.5) is 19.3 Å². The Kier molecular flexibility index (Phi) is 7.03. The van der Waals surface area contributed by atoms with Gasteiger partial charge in [-0.1, -0.05) is 19.1 Å². The van der Waals surface area contributed by atoms with Crippen molar-refractivity contribution in [2.24, 2.45) is 0 Å². The van der Waals surface area contributed by atoms with Crippen LogP contribution in [0.1, 0.15) is 32.6 Å². The van der Waals surface area contributed by atoms with Gasteiger partial charge in [0, 0.05) is 43.9 Å². The maximum atomic E-state index is 13.9. The lowest BCUT2D eigenvalue weighted by atomic mass is 10.0. The first-order valence-corrected chi connectivity index (χ1v) is 10.3. The van der Waals surface area contributed by atoms with E-state index >= 15 is 0 Å². The van der Waals surface area contributed by atoms with Crippen molar-refractivity contribution in [3.63, 3.8) is 0 Å². The molecule has 5 nitrogen and oxygen atoms in total. The molecule has 0 atom stereocenters. The quantitative estimate of drug-likeness (QED) is 0.756. The Morgan fingerprint density at radius 3 is 2.40 bits per heavy atom. The minimum atomic E-state index is -0.507. The zero-order chi connectivity index (χ0) is 21.7. The van der Waals surface area contributed by atoms with Crippen LogP contribution in [0.3, 0.4) is 0 Å². The number of carbonyl (C=O) groups is 2. The average molecular weight is 415 g/mol. The summed E-state index contributed by atoms with van der Waals surface area (Å²) >= 11 is 0. The van der Waals surface area contributed by atoms with Gasteiger partial charge in [0.15, 0.2) is 0 Å². The molecule has 1 aliphatic rings. The van der Waals surface area contributed by atoms with Crippen molar-refractivity contribution in [3.8, 4) is 11.1 Å². The number of carbonyl (C=O) groups excluding carboxylic acids is 2. The van der Waals surface area contributed by atoms with Crippen LogP contribution in [-0.2, 0) is 4.79 Å². The second kappa shape index (κ2) is 9.69. The van der Waals surface area contributed by atoms with E-state index in [2.05, 4.69) is 5.32 Å². The van der Waals surface area contributed by atoms with Crippen molar-refractivity contribution in [2.75, 3.05) is 25.5 Å². The van der Waals surface area contributed by atoms with Gasteiger partial charge in [0.25, 0.3) is 0 Å². The van der Waals surface area contributed by atoms with Crippen molar-refractivity contribution < 1.29 is 18.4 Å². The van der Waals surface area contributed by atoms with Crippen LogP contribution in [0.15, 0.2) is 42.5 Å². The number of urea groups is 1. The number of nitrogens with one attached hydrogen (secondary N) is 1. The van der Waals surface area contributed by atoms with Gasteiger partial charge < -0.3 is 15.1 Å². The molecule has 3 amide bonds. The molecule has 1 heterocycles. The summed E-state index contributed by atoms with van der Waals surface area (Å²) in [6, 6.07) is 9.76. The summed E-state index contributed by atoms with van der Waals surface area (Å²) in [7, 11) is 1.75. The highest BCUT2D eigenvalue weighted by molar-refractivity contribution is 5.89. The van der Waals surface area contributed by atoms with Gasteiger partial charge in [0.1, 0.15) is 11.6 Å². The standard InChI is InChI=1S/C23H27F2N3O2/c1-3-4-22(29)28-13-11-19(12-14-28)27(2)23(30)26-18-8-5-16(6-9-18)20-15-17(24)7-10-21(20)25/h5-10,15,19H,3-4,11-14H2,1-2H3,(H,26,30). The largest absolute Gasteiger partial charge is 0.343 e. The third-order valence-electron chi connectivity index (χ3n) is 5.52. The third kappa shape index (κ3) is 5.14. The van der Waals surface area contributed by atoms with Gasteiger partial charge in [-0.05, 0) is 55.2 Å². The molecule has 160 valence electrons. The molecular formula is C23H27F2N3O2. The molecule has 3 rings (SSSR count). The number of likely N-dealkylation sites (tertiary alicyclic amines) is 1. The first-order chi connectivity index (χ1) is 14.4. The molecule has 7 heteroatoms. The number of anilines is 1. The molecule has 1 fully saturated rings. The Balaban J connectivity index is 1.57. The number of halogens is 2. The van der Waals surface area contributed by atoms with E-state index in [4.69, 9.17) is 0 Å². The van der Waals surface area contributed by atoms with Crippen molar-refractivity contribution in [1.29, 1.82) is 0 Å². The lowest BCUT2D eigenvalue weighted by Crippen LogP contribution is -2.48. The lowest BCUT2D eigenvalue weighted by Gasteiger charge is -2.36. The van der Waals surface area contributed by atoms with Gasteiger partial charge >= 0.3 is 6.03 Å². The number of amides is 3. The Hall–Kier alpha value is -2.96. The van der Waals surface area contributed by atoms with Gasteiger partial charge in [0.05, 0.1) is 0 Å². The maximum absolute atomic E-state index is 13.9. The molecule has 0 aromatic heterocycles. The minimum absolute atomic E-state index is 0.0661. The molecule has 1 N–H and O–H groups in total. The normalized spacial score (nSPS) is 14.5. The summed E-state index contributed by atoms with van der Waals surface area (Å²) < 4.78 is 27.3. The molecular weight excluding hydrogens is 388 g/mol. The SMILES string of the molecule is CCCC(=O)N1CCC(N(C)C(=O)Nc2ccc(-c3cc(F)ccc3F)cc2)CC1. The van der Waals surface area contributed by atoms with E-state index in [9.17, 15) is 18.4 Å². The molecule has 0 saturated carbocycles. The number of piperidine rings is 1. The predicted octanol–water partition coefficient (Wildman–Crippen LogP) is 4.89. The molecule has 0 bridgehead atoms. The van der Waals surface area contributed by atoms with Gasteiger partial charge in [0.2, 0.25) is 5.91 Å². The van der Waals surface area contributed by atoms with E-state index in [1.165, 1.54) is 0 Å². The molecule has 0 unspecified atom stereocenters. The van der Waals surface area contributed by atoms with Crippen LogP contribution in [-0.4, -0.2) is 47.9 Å². The molecule has 0 aliphatic carbocycles. The van der Waals surface area contributed by atoms with Gasteiger partial charge in [-0.15, -0.1) is 0 Å². The zero-order valence-corrected chi connectivity index (χ0v) is 17.3. The molecule has 0 radical (unpaired) electrons. The number of benzene rings is 2. The second-order valence-electron chi connectivity index (χ2n) is 7.60. The molecule has 1 aliphatic heterocycles. The average Bonchev–Trinajstić information content (AvgIpc) is 2.76. The van der Waals surface area contributed by atoms with Gasteiger partial charge in [-0.25, -0.2) is 13.6 Å². The number of hydrogen-bond donors (Lipinski definition) is 1. The Morgan fingerprint density at radius 1 is 1.10 bits per heavy atom. The second-order valence-corrected chi connectivity index (χ2v) is 7.60. The number of hydrogen-bond acceptors (Lipinski definition) is 2.